The number of anilines is 1. The lowest BCUT2D eigenvalue weighted by atomic mass is 9.73. The topological polar surface area (TPSA) is 85.8 Å². The summed E-state index contributed by atoms with van der Waals surface area (Å²) in [6.45, 7) is 0.0608. The minimum absolute atomic E-state index is 0.0935. The minimum atomic E-state index is -0.462. The number of aromatic nitrogens is 1. The van der Waals surface area contributed by atoms with Gasteiger partial charge in [0.05, 0.1) is 18.7 Å². The van der Waals surface area contributed by atoms with Crippen LogP contribution in [0.1, 0.15) is 22.6 Å². The molecule has 7 nitrogen and oxygen atoms in total. The van der Waals surface area contributed by atoms with Crippen molar-refractivity contribution in [3.05, 3.63) is 95.6 Å². The fourth-order valence-electron chi connectivity index (χ4n) is 4.79. The van der Waals surface area contributed by atoms with Crippen LogP contribution in [0.4, 0.5) is 14.9 Å². The summed E-state index contributed by atoms with van der Waals surface area (Å²) in [4.78, 5) is 32.7. The van der Waals surface area contributed by atoms with Gasteiger partial charge in [-0.3, -0.25) is 9.78 Å². The number of carbonyl (C=O) groups is 2. The third-order valence-corrected chi connectivity index (χ3v) is 6.42. The van der Waals surface area contributed by atoms with Crippen LogP contribution in [0.25, 0.3) is 0 Å². The van der Waals surface area contributed by atoms with E-state index in [1.807, 2.05) is 36.4 Å². The number of rotatable bonds is 3. The third kappa shape index (κ3) is 4.59. The predicted molar refractivity (Wildman–Crippen MR) is 128 cm³/mol. The number of halogens is 1. The summed E-state index contributed by atoms with van der Waals surface area (Å²) in [6, 6.07) is 16.0. The molecule has 2 aromatic carbocycles. The Labute approximate surface area is 202 Å². The summed E-state index contributed by atoms with van der Waals surface area (Å²) in [5, 5.41) is 12.6. The largest absolute Gasteiger partial charge is 0.394 e. The van der Waals surface area contributed by atoms with Crippen LogP contribution in [-0.4, -0.2) is 63.6 Å². The molecule has 0 aliphatic carbocycles. The van der Waals surface area contributed by atoms with E-state index in [1.54, 1.807) is 23.4 Å². The van der Waals surface area contributed by atoms with Crippen LogP contribution in [0.15, 0.2) is 73.1 Å². The van der Waals surface area contributed by atoms with Crippen molar-refractivity contribution < 1.29 is 19.1 Å². The maximum atomic E-state index is 13.5. The first kappa shape index (κ1) is 22.6. The Balaban J connectivity index is 1.31. The average Bonchev–Trinajstić information content (AvgIpc) is 2.85. The van der Waals surface area contributed by atoms with E-state index in [0.29, 0.717) is 12.2 Å². The van der Waals surface area contributed by atoms with Gasteiger partial charge in [0.15, 0.2) is 0 Å². The molecule has 0 bridgehead atoms. The van der Waals surface area contributed by atoms with Crippen LogP contribution in [0.3, 0.4) is 0 Å². The van der Waals surface area contributed by atoms with Gasteiger partial charge in [-0.15, -0.1) is 0 Å². The molecule has 5 rings (SSSR count). The highest BCUT2D eigenvalue weighted by Gasteiger charge is 2.54. The van der Waals surface area contributed by atoms with E-state index in [4.69, 9.17) is 0 Å². The number of hydrogen-bond acceptors (Lipinski definition) is 4. The lowest BCUT2D eigenvalue weighted by Crippen LogP contribution is -2.73. The number of carbonyl (C=O) groups excluding carboxylic acids is 2. The highest BCUT2D eigenvalue weighted by molar-refractivity contribution is 5.93. The Bertz CT molecular complexity index is 1300. The molecule has 2 aliphatic heterocycles. The van der Waals surface area contributed by atoms with Crippen molar-refractivity contribution in [1.82, 2.24) is 14.8 Å². The summed E-state index contributed by atoms with van der Waals surface area (Å²) < 4.78 is 13.5. The Morgan fingerprint density at radius 3 is 2.63 bits per heavy atom. The molecule has 176 valence electrons. The lowest BCUT2D eigenvalue weighted by molar-refractivity contribution is -0.159. The molecule has 2 aliphatic rings. The Kier molecular flexibility index (Phi) is 6.17. The smallest absolute Gasteiger partial charge is 0.322 e. The Morgan fingerprint density at radius 2 is 1.91 bits per heavy atom. The molecular weight excluding hydrogens is 447 g/mol. The molecular formula is C27H23FN4O3. The van der Waals surface area contributed by atoms with Crippen LogP contribution in [0, 0.1) is 17.7 Å². The summed E-state index contributed by atoms with van der Waals surface area (Å²) in [6.07, 6.45) is 3.40. The molecule has 0 saturated carbocycles. The molecule has 0 radical (unpaired) electrons. The first-order valence-electron chi connectivity index (χ1n) is 11.3. The zero-order valence-corrected chi connectivity index (χ0v) is 18.8. The molecule has 35 heavy (non-hydrogen) atoms. The highest BCUT2D eigenvalue weighted by Crippen LogP contribution is 2.43. The lowest BCUT2D eigenvalue weighted by Gasteiger charge is -2.58. The van der Waals surface area contributed by atoms with E-state index < -0.39 is 11.8 Å². The SMILES string of the molecule is O=C(Nc1cccc(F)c1)N1CC(=O)N2[C@H](CO)[C@H](c3ccc(C#Cc4cccnc4)cc3)[C@@H]2C1. The number of nitrogens with one attached hydrogen (secondary N) is 1. The van der Waals surface area contributed by atoms with Crippen molar-refractivity contribution in [2.45, 2.75) is 18.0 Å². The number of piperazine rings is 1. The normalized spacial score (nSPS) is 20.9. The molecule has 3 atom stereocenters. The molecule has 2 N–H and O–H groups in total. The van der Waals surface area contributed by atoms with E-state index in [0.717, 1.165) is 16.7 Å². The van der Waals surface area contributed by atoms with E-state index in [1.165, 1.54) is 23.1 Å². The van der Waals surface area contributed by atoms with Gasteiger partial charge < -0.3 is 20.2 Å². The fourth-order valence-corrected chi connectivity index (χ4v) is 4.79. The number of hydrogen-bond donors (Lipinski definition) is 2. The van der Waals surface area contributed by atoms with Gasteiger partial charge in [0.25, 0.3) is 0 Å². The zero-order chi connectivity index (χ0) is 24.4. The molecule has 1 aromatic heterocycles. The first-order valence-corrected chi connectivity index (χ1v) is 11.3. The van der Waals surface area contributed by atoms with Crippen LogP contribution in [0.5, 0.6) is 0 Å². The molecule has 3 heterocycles. The molecule has 3 aromatic rings. The zero-order valence-electron chi connectivity index (χ0n) is 18.8. The van der Waals surface area contributed by atoms with Gasteiger partial charge in [-0.25, -0.2) is 9.18 Å². The second-order valence-corrected chi connectivity index (χ2v) is 8.58. The third-order valence-electron chi connectivity index (χ3n) is 6.42. The Hall–Kier alpha value is -4.22. The number of pyridine rings is 1. The van der Waals surface area contributed by atoms with E-state index in [9.17, 15) is 19.1 Å². The van der Waals surface area contributed by atoms with E-state index in [-0.39, 0.29) is 37.1 Å². The van der Waals surface area contributed by atoms with Crippen LogP contribution < -0.4 is 5.32 Å². The quantitative estimate of drug-likeness (QED) is 0.577. The van der Waals surface area contributed by atoms with Crippen LogP contribution in [-0.2, 0) is 4.79 Å². The van der Waals surface area contributed by atoms with Gasteiger partial charge in [-0.05, 0) is 48.0 Å². The van der Waals surface area contributed by atoms with Crippen molar-refractivity contribution in [3.63, 3.8) is 0 Å². The van der Waals surface area contributed by atoms with Crippen molar-refractivity contribution >= 4 is 17.6 Å². The van der Waals surface area contributed by atoms with Crippen LogP contribution >= 0.6 is 0 Å². The van der Waals surface area contributed by atoms with E-state index >= 15 is 0 Å². The van der Waals surface area contributed by atoms with Gasteiger partial charge >= 0.3 is 6.03 Å². The highest BCUT2D eigenvalue weighted by atomic mass is 19.1. The van der Waals surface area contributed by atoms with E-state index in [2.05, 4.69) is 22.1 Å². The average molecular weight is 471 g/mol. The monoisotopic (exact) mass is 470 g/mol. The van der Waals surface area contributed by atoms with Gasteiger partial charge in [-0.1, -0.05) is 30.0 Å². The van der Waals surface area contributed by atoms with Crippen molar-refractivity contribution in [2.75, 3.05) is 25.0 Å². The Morgan fingerprint density at radius 1 is 1.11 bits per heavy atom. The molecule has 0 unspecified atom stereocenters. The van der Waals surface area contributed by atoms with Gasteiger partial charge in [0, 0.05) is 41.7 Å². The number of benzene rings is 2. The van der Waals surface area contributed by atoms with Gasteiger partial charge in [0.1, 0.15) is 12.4 Å². The molecule has 2 fully saturated rings. The number of urea groups is 1. The molecule has 0 spiro atoms. The maximum Gasteiger partial charge on any atom is 0.322 e. The number of aliphatic hydroxyl groups is 1. The minimum Gasteiger partial charge on any atom is -0.394 e. The summed E-state index contributed by atoms with van der Waals surface area (Å²) >= 11 is 0. The second kappa shape index (κ2) is 9.57. The summed E-state index contributed by atoms with van der Waals surface area (Å²) in [5.74, 6) is 5.39. The number of amides is 3. The van der Waals surface area contributed by atoms with Crippen LogP contribution in [0.2, 0.25) is 0 Å². The van der Waals surface area contributed by atoms with Crippen molar-refractivity contribution in [3.8, 4) is 11.8 Å². The number of fused-ring (bicyclic) bond motifs is 1. The summed E-state index contributed by atoms with van der Waals surface area (Å²) in [7, 11) is 0. The predicted octanol–water partition coefficient (Wildman–Crippen LogP) is 2.82. The van der Waals surface area contributed by atoms with Crippen molar-refractivity contribution in [1.29, 1.82) is 0 Å². The maximum absolute atomic E-state index is 13.5. The molecule has 3 amide bonds. The first-order chi connectivity index (χ1) is 17.0. The van der Waals surface area contributed by atoms with Gasteiger partial charge in [0.2, 0.25) is 5.91 Å². The summed E-state index contributed by atoms with van der Waals surface area (Å²) in [5.41, 5.74) is 2.96. The van der Waals surface area contributed by atoms with Crippen molar-refractivity contribution in [2.24, 2.45) is 0 Å². The molecule has 8 heteroatoms. The van der Waals surface area contributed by atoms with Gasteiger partial charge in [-0.2, -0.15) is 0 Å². The fraction of sp³-hybridized carbons (Fsp3) is 0.222. The number of aliphatic hydroxyl groups excluding tert-OH is 1. The standard InChI is InChI=1S/C27H23FN4O3/c28-21-4-1-5-22(13-21)30-27(35)31-15-23-26(24(17-33)32(23)25(34)16-31)20-10-8-18(9-11-20)6-7-19-3-2-12-29-14-19/h1-5,8-14,23-24,26,33H,15-17H2,(H,30,35)/t23-,24+,26+/m0/s1. The molecule has 2 saturated heterocycles. The number of nitrogens with zero attached hydrogens (tertiary/aromatic N) is 3. The second-order valence-electron chi connectivity index (χ2n) is 8.58.